The highest BCUT2D eigenvalue weighted by Gasteiger charge is 2.31. The lowest BCUT2D eigenvalue weighted by Crippen LogP contribution is -2.45. The third kappa shape index (κ3) is 5.95. The van der Waals surface area contributed by atoms with E-state index in [0.717, 1.165) is 32.7 Å². The number of imidazole rings is 1. The van der Waals surface area contributed by atoms with Crippen molar-refractivity contribution in [3.63, 3.8) is 0 Å². The van der Waals surface area contributed by atoms with Crippen molar-refractivity contribution in [1.29, 1.82) is 0 Å². The van der Waals surface area contributed by atoms with Crippen molar-refractivity contribution in [1.82, 2.24) is 24.2 Å². The number of carbonyl (C=O) groups is 2. The molecular weight excluding hydrogens is 498 g/mol. The van der Waals surface area contributed by atoms with Gasteiger partial charge >= 0.3 is 12.1 Å². The zero-order valence-corrected chi connectivity index (χ0v) is 21.6. The molecule has 2 N–H and O–H groups in total. The zero-order valence-electron chi connectivity index (χ0n) is 20.8. The molecule has 5 rings (SSSR count). The van der Waals surface area contributed by atoms with Crippen molar-refractivity contribution in [3.05, 3.63) is 41.8 Å². The van der Waals surface area contributed by atoms with Crippen LogP contribution in [0.4, 0.5) is 21.0 Å². The zero-order chi connectivity index (χ0) is 25.9. The molecule has 2 fully saturated rings. The van der Waals surface area contributed by atoms with E-state index in [4.69, 9.17) is 21.1 Å². The Labute approximate surface area is 219 Å². The normalized spacial score (nSPS) is 18.4. The second-order valence-corrected chi connectivity index (χ2v) is 9.82. The van der Waals surface area contributed by atoms with E-state index in [1.807, 2.05) is 4.90 Å². The minimum atomic E-state index is -0.558. The maximum Gasteiger partial charge on any atom is 0.411 e. The number of nitrogens with one attached hydrogen (secondary N) is 2. The summed E-state index contributed by atoms with van der Waals surface area (Å²) in [6.07, 6.45) is 5.13. The highest BCUT2D eigenvalue weighted by Crippen LogP contribution is 2.31. The lowest BCUT2D eigenvalue weighted by molar-refractivity contribution is 0.0192. The van der Waals surface area contributed by atoms with Crippen LogP contribution in [-0.4, -0.2) is 87.8 Å². The molecule has 2 aromatic heterocycles. The van der Waals surface area contributed by atoms with Gasteiger partial charge in [-0.1, -0.05) is 11.6 Å². The molecule has 2 aliphatic heterocycles. The SMILES string of the molecule is CC(C)OC(=O)Nc1cnc2nc(-c3cc(NC(=O)N4CCC(N5CCOCC5)C4)ccc3Cl)cn2c1. The maximum absolute atomic E-state index is 13.0. The molecule has 0 spiro atoms. The predicted octanol–water partition coefficient (Wildman–Crippen LogP) is 3.95. The number of ether oxygens (including phenoxy) is 2. The van der Waals surface area contributed by atoms with E-state index in [0.29, 0.717) is 52.6 Å². The maximum atomic E-state index is 13.0. The van der Waals surface area contributed by atoms with Crippen LogP contribution in [0.5, 0.6) is 0 Å². The van der Waals surface area contributed by atoms with Crippen LogP contribution in [0.1, 0.15) is 20.3 Å². The standard InChI is InChI=1S/C25H30ClN7O4/c1-16(2)37-25(35)29-18-12-27-23-30-22(15-33(23)13-18)20-11-17(3-4-21(20)26)28-24(34)32-6-5-19(14-32)31-7-9-36-10-8-31/h3-4,11-13,15-16,19H,5-10,14H2,1-2H3,(H,28,34)(H,29,35). The third-order valence-electron chi connectivity index (χ3n) is 6.41. The molecule has 2 aliphatic rings. The summed E-state index contributed by atoms with van der Waals surface area (Å²) < 4.78 is 12.2. The molecule has 3 amide bonds. The van der Waals surface area contributed by atoms with Gasteiger partial charge in [-0.15, -0.1) is 0 Å². The molecule has 196 valence electrons. The second kappa shape index (κ2) is 10.9. The fourth-order valence-electron chi connectivity index (χ4n) is 4.61. The Hall–Kier alpha value is -3.41. The number of urea groups is 1. The molecule has 0 bridgehead atoms. The fraction of sp³-hybridized carbons (Fsp3) is 0.440. The molecule has 0 aliphatic carbocycles. The molecule has 4 heterocycles. The van der Waals surface area contributed by atoms with E-state index in [1.165, 1.54) is 6.20 Å². The number of carbonyl (C=O) groups excluding carboxylic acids is 2. The highest BCUT2D eigenvalue weighted by atomic mass is 35.5. The van der Waals surface area contributed by atoms with E-state index in [1.54, 1.807) is 48.8 Å². The number of halogens is 1. The van der Waals surface area contributed by atoms with Gasteiger partial charge in [-0.2, -0.15) is 0 Å². The lowest BCUT2D eigenvalue weighted by atomic mass is 10.1. The number of anilines is 2. The fourth-order valence-corrected chi connectivity index (χ4v) is 4.82. The molecule has 2 saturated heterocycles. The topological polar surface area (TPSA) is 113 Å². The molecule has 1 unspecified atom stereocenters. The van der Waals surface area contributed by atoms with Crippen LogP contribution in [0.3, 0.4) is 0 Å². The molecule has 12 heteroatoms. The monoisotopic (exact) mass is 527 g/mol. The highest BCUT2D eigenvalue weighted by molar-refractivity contribution is 6.33. The number of likely N-dealkylation sites (tertiary alicyclic amines) is 1. The number of nitrogens with zero attached hydrogens (tertiary/aromatic N) is 5. The van der Waals surface area contributed by atoms with Crippen molar-refractivity contribution in [2.75, 3.05) is 50.0 Å². The molecule has 0 radical (unpaired) electrons. The van der Waals surface area contributed by atoms with Crippen LogP contribution in [-0.2, 0) is 9.47 Å². The van der Waals surface area contributed by atoms with E-state index < -0.39 is 6.09 Å². The number of amides is 3. The van der Waals surface area contributed by atoms with Crippen LogP contribution >= 0.6 is 11.6 Å². The van der Waals surface area contributed by atoms with Gasteiger partial charge in [0.25, 0.3) is 0 Å². The summed E-state index contributed by atoms with van der Waals surface area (Å²) >= 11 is 6.49. The van der Waals surface area contributed by atoms with Crippen molar-refractivity contribution in [2.45, 2.75) is 32.4 Å². The van der Waals surface area contributed by atoms with Crippen molar-refractivity contribution in [3.8, 4) is 11.3 Å². The molecule has 0 saturated carbocycles. The Kier molecular flexibility index (Phi) is 7.45. The van der Waals surface area contributed by atoms with E-state index >= 15 is 0 Å². The first-order valence-corrected chi connectivity index (χ1v) is 12.7. The molecule has 11 nitrogen and oxygen atoms in total. The summed E-state index contributed by atoms with van der Waals surface area (Å²) in [5.74, 6) is 0.439. The first-order valence-electron chi connectivity index (χ1n) is 12.4. The number of fused-ring (bicyclic) bond motifs is 1. The predicted molar refractivity (Wildman–Crippen MR) is 140 cm³/mol. The summed E-state index contributed by atoms with van der Waals surface area (Å²) in [5, 5.41) is 6.14. The van der Waals surface area contributed by atoms with E-state index in [9.17, 15) is 9.59 Å². The minimum Gasteiger partial charge on any atom is -0.447 e. The van der Waals surface area contributed by atoms with Crippen LogP contribution in [0.15, 0.2) is 36.8 Å². The van der Waals surface area contributed by atoms with Gasteiger partial charge in [-0.25, -0.2) is 19.6 Å². The van der Waals surface area contributed by atoms with E-state index in [-0.39, 0.29) is 12.1 Å². The Morgan fingerprint density at radius 1 is 1.14 bits per heavy atom. The minimum absolute atomic E-state index is 0.135. The van der Waals surface area contributed by atoms with Gasteiger partial charge in [-0.05, 0) is 38.5 Å². The molecule has 37 heavy (non-hydrogen) atoms. The first-order chi connectivity index (χ1) is 17.9. The molecule has 3 aromatic rings. The number of hydrogen-bond acceptors (Lipinski definition) is 7. The van der Waals surface area contributed by atoms with Crippen LogP contribution in [0.25, 0.3) is 17.0 Å². The third-order valence-corrected chi connectivity index (χ3v) is 6.74. The molecule has 1 atom stereocenters. The Balaban J connectivity index is 1.27. The largest absolute Gasteiger partial charge is 0.447 e. The smallest absolute Gasteiger partial charge is 0.411 e. The average Bonchev–Trinajstić information content (AvgIpc) is 3.53. The number of morpholine rings is 1. The van der Waals surface area contributed by atoms with Gasteiger partial charge in [0.05, 0.1) is 41.9 Å². The van der Waals surface area contributed by atoms with Crippen LogP contribution < -0.4 is 10.6 Å². The molecular formula is C25H30ClN7O4. The first kappa shape index (κ1) is 25.2. The summed E-state index contributed by atoms with van der Waals surface area (Å²) in [7, 11) is 0. The van der Waals surface area contributed by atoms with Gasteiger partial charge in [0.15, 0.2) is 0 Å². The van der Waals surface area contributed by atoms with Gasteiger partial charge in [0.1, 0.15) is 0 Å². The van der Waals surface area contributed by atoms with Gasteiger partial charge < -0.3 is 19.7 Å². The number of rotatable bonds is 5. The van der Waals surface area contributed by atoms with Crippen molar-refractivity contribution < 1.29 is 19.1 Å². The second-order valence-electron chi connectivity index (χ2n) is 9.42. The number of aromatic nitrogens is 3. The Bertz CT molecular complexity index is 1290. The van der Waals surface area contributed by atoms with Crippen molar-refractivity contribution in [2.24, 2.45) is 0 Å². The van der Waals surface area contributed by atoms with Gasteiger partial charge in [0.2, 0.25) is 5.78 Å². The summed E-state index contributed by atoms with van der Waals surface area (Å²) in [6.45, 7) is 8.28. The number of hydrogen-bond donors (Lipinski definition) is 2. The summed E-state index contributed by atoms with van der Waals surface area (Å²) in [4.78, 5) is 38.0. The molecule has 1 aromatic carbocycles. The van der Waals surface area contributed by atoms with E-state index in [2.05, 4.69) is 25.5 Å². The summed E-state index contributed by atoms with van der Waals surface area (Å²) in [6, 6.07) is 5.54. The average molecular weight is 528 g/mol. The number of benzene rings is 1. The Morgan fingerprint density at radius 3 is 2.73 bits per heavy atom. The van der Waals surface area contributed by atoms with Gasteiger partial charge in [-0.3, -0.25) is 14.6 Å². The van der Waals surface area contributed by atoms with Crippen LogP contribution in [0.2, 0.25) is 5.02 Å². The quantitative estimate of drug-likeness (QED) is 0.516. The van der Waals surface area contributed by atoms with Gasteiger partial charge in [0, 0.05) is 55.9 Å². The summed E-state index contributed by atoms with van der Waals surface area (Å²) in [5.41, 5.74) is 2.34. The lowest BCUT2D eigenvalue weighted by Gasteiger charge is -2.32. The Morgan fingerprint density at radius 2 is 1.95 bits per heavy atom. The van der Waals surface area contributed by atoms with Crippen LogP contribution in [0, 0.1) is 0 Å². The van der Waals surface area contributed by atoms with Crippen molar-refractivity contribution >= 4 is 40.9 Å².